The van der Waals surface area contributed by atoms with Gasteiger partial charge in [-0.15, -0.1) is 0 Å². The van der Waals surface area contributed by atoms with E-state index in [0.29, 0.717) is 23.6 Å². The van der Waals surface area contributed by atoms with Gasteiger partial charge in [0, 0.05) is 17.3 Å². The first-order chi connectivity index (χ1) is 12.6. The first kappa shape index (κ1) is 18.7. The fourth-order valence-electron chi connectivity index (χ4n) is 2.11. The van der Waals surface area contributed by atoms with Crippen LogP contribution in [0.4, 0.5) is 5.69 Å². The van der Waals surface area contributed by atoms with Crippen LogP contribution in [0.1, 0.15) is 18.1 Å². The lowest BCUT2D eigenvalue weighted by atomic mass is 10.2. The molecular formula is C20H18N2O4. The molecule has 2 aromatic carbocycles. The first-order valence-electron chi connectivity index (χ1n) is 7.99. The van der Waals surface area contributed by atoms with Crippen molar-refractivity contribution < 1.29 is 19.1 Å². The van der Waals surface area contributed by atoms with Crippen molar-refractivity contribution in [2.45, 2.75) is 6.92 Å². The maximum atomic E-state index is 11.8. The van der Waals surface area contributed by atoms with E-state index in [1.807, 2.05) is 31.2 Å². The summed E-state index contributed by atoms with van der Waals surface area (Å²) < 4.78 is 10.4. The minimum atomic E-state index is -0.641. The van der Waals surface area contributed by atoms with E-state index in [-0.39, 0.29) is 0 Å². The van der Waals surface area contributed by atoms with Crippen molar-refractivity contribution >= 4 is 23.6 Å². The van der Waals surface area contributed by atoms with Gasteiger partial charge < -0.3 is 14.8 Å². The molecule has 26 heavy (non-hydrogen) atoms. The monoisotopic (exact) mass is 350 g/mol. The van der Waals surface area contributed by atoms with Crippen LogP contribution in [0.3, 0.4) is 0 Å². The molecule has 1 amide bonds. The minimum absolute atomic E-state index is 0.424. The fourth-order valence-corrected chi connectivity index (χ4v) is 2.11. The van der Waals surface area contributed by atoms with E-state index in [2.05, 4.69) is 5.32 Å². The molecule has 0 fully saturated rings. The Kier molecular flexibility index (Phi) is 6.95. The van der Waals surface area contributed by atoms with Crippen molar-refractivity contribution in [1.29, 1.82) is 5.26 Å². The van der Waals surface area contributed by atoms with Gasteiger partial charge in [-0.3, -0.25) is 4.79 Å². The zero-order valence-electron chi connectivity index (χ0n) is 14.3. The fraction of sp³-hybridized carbons (Fsp3) is 0.150. The molecule has 0 saturated heterocycles. The lowest BCUT2D eigenvalue weighted by Crippen LogP contribution is -2.20. The van der Waals surface area contributed by atoms with Gasteiger partial charge in [0.2, 0.25) is 0 Å². The number of amides is 1. The molecule has 132 valence electrons. The third-order valence-corrected chi connectivity index (χ3v) is 3.24. The Hall–Kier alpha value is -3.59. The molecule has 6 nitrogen and oxygen atoms in total. The summed E-state index contributed by atoms with van der Waals surface area (Å²) in [7, 11) is 0. The smallest absolute Gasteiger partial charge is 0.331 e. The van der Waals surface area contributed by atoms with Gasteiger partial charge in [-0.1, -0.05) is 24.3 Å². The van der Waals surface area contributed by atoms with Crippen LogP contribution in [0.5, 0.6) is 5.75 Å². The van der Waals surface area contributed by atoms with Gasteiger partial charge in [-0.25, -0.2) is 4.79 Å². The van der Waals surface area contributed by atoms with Crippen LogP contribution >= 0.6 is 0 Å². The van der Waals surface area contributed by atoms with Gasteiger partial charge >= 0.3 is 5.97 Å². The highest BCUT2D eigenvalue weighted by Gasteiger charge is 2.07. The maximum absolute atomic E-state index is 11.8. The number of carbonyl (C=O) groups excluding carboxylic acids is 2. The summed E-state index contributed by atoms with van der Waals surface area (Å²) in [5.74, 6) is -0.469. The molecule has 2 aromatic rings. The molecule has 1 N–H and O–H groups in total. The first-order valence-corrected chi connectivity index (χ1v) is 7.99. The van der Waals surface area contributed by atoms with Crippen molar-refractivity contribution in [2.75, 3.05) is 18.5 Å². The quantitative estimate of drug-likeness (QED) is 0.612. The zero-order chi connectivity index (χ0) is 18.8. The molecule has 0 unspecified atom stereocenters. The number of rotatable bonds is 7. The molecule has 0 aliphatic carbocycles. The second kappa shape index (κ2) is 9.64. The van der Waals surface area contributed by atoms with E-state index in [1.165, 1.54) is 12.1 Å². The van der Waals surface area contributed by atoms with Gasteiger partial charge in [-0.05, 0) is 37.3 Å². The standard InChI is InChI=1S/C20H18N2O4/c1-2-25-18-9-4-3-7-16(18)10-11-20(24)26-14-19(23)22-17-8-5-6-15(12-17)13-21/h3-12H,2,14H2,1H3,(H,22,23). The number of ether oxygens (including phenoxy) is 2. The third-order valence-electron chi connectivity index (χ3n) is 3.24. The van der Waals surface area contributed by atoms with Crippen LogP contribution in [-0.2, 0) is 14.3 Å². The number of benzene rings is 2. The highest BCUT2D eigenvalue weighted by Crippen LogP contribution is 2.19. The number of hydrogen-bond donors (Lipinski definition) is 1. The number of nitriles is 1. The van der Waals surface area contributed by atoms with Crippen molar-refractivity contribution in [2.24, 2.45) is 0 Å². The Balaban J connectivity index is 1.86. The van der Waals surface area contributed by atoms with Crippen LogP contribution in [0.2, 0.25) is 0 Å². The summed E-state index contributed by atoms with van der Waals surface area (Å²) in [6, 6.07) is 15.7. The Morgan fingerprint density at radius 3 is 2.77 bits per heavy atom. The lowest BCUT2D eigenvalue weighted by molar-refractivity contribution is -0.142. The van der Waals surface area contributed by atoms with Crippen LogP contribution in [0.25, 0.3) is 6.08 Å². The minimum Gasteiger partial charge on any atom is -0.493 e. The Morgan fingerprint density at radius 1 is 1.19 bits per heavy atom. The molecule has 0 heterocycles. The molecule has 0 aliphatic heterocycles. The average molecular weight is 350 g/mol. The normalized spacial score (nSPS) is 10.2. The van der Waals surface area contributed by atoms with E-state index in [1.54, 1.807) is 30.3 Å². The molecule has 0 spiro atoms. The largest absolute Gasteiger partial charge is 0.493 e. The predicted molar refractivity (Wildman–Crippen MR) is 97.4 cm³/mol. The summed E-state index contributed by atoms with van der Waals surface area (Å²) in [6.07, 6.45) is 2.81. The predicted octanol–water partition coefficient (Wildman–Crippen LogP) is 3.15. The van der Waals surface area contributed by atoms with Crippen LogP contribution < -0.4 is 10.1 Å². The van der Waals surface area contributed by atoms with Crippen molar-refractivity contribution in [3.63, 3.8) is 0 Å². The molecule has 0 bridgehead atoms. The molecule has 2 rings (SSSR count). The number of para-hydroxylation sites is 1. The molecular weight excluding hydrogens is 332 g/mol. The summed E-state index contributed by atoms with van der Waals surface area (Å²) in [5.41, 5.74) is 1.63. The lowest BCUT2D eigenvalue weighted by Gasteiger charge is -2.07. The van der Waals surface area contributed by atoms with Gasteiger partial charge in [0.1, 0.15) is 5.75 Å². The average Bonchev–Trinajstić information content (AvgIpc) is 2.66. The SMILES string of the molecule is CCOc1ccccc1C=CC(=O)OCC(=O)Nc1cccc(C#N)c1. The Bertz CT molecular complexity index is 853. The highest BCUT2D eigenvalue weighted by molar-refractivity contribution is 5.94. The number of anilines is 1. The molecule has 0 saturated carbocycles. The van der Waals surface area contributed by atoms with E-state index in [0.717, 1.165) is 5.56 Å². The van der Waals surface area contributed by atoms with E-state index < -0.39 is 18.5 Å². The molecule has 6 heteroatoms. The summed E-state index contributed by atoms with van der Waals surface area (Å²) in [5, 5.41) is 11.4. The van der Waals surface area contributed by atoms with Crippen LogP contribution in [0.15, 0.2) is 54.6 Å². The number of nitrogens with zero attached hydrogens (tertiary/aromatic N) is 1. The van der Waals surface area contributed by atoms with Crippen LogP contribution in [0, 0.1) is 11.3 Å². The maximum Gasteiger partial charge on any atom is 0.331 e. The zero-order valence-corrected chi connectivity index (χ0v) is 14.3. The van der Waals surface area contributed by atoms with Crippen molar-refractivity contribution in [1.82, 2.24) is 0 Å². The molecule has 0 aliphatic rings. The van der Waals surface area contributed by atoms with E-state index >= 15 is 0 Å². The summed E-state index contributed by atoms with van der Waals surface area (Å²) in [6.45, 7) is 1.97. The molecule has 0 atom stereocenters. The second-order valence-corrected chi connectivity index (χ2v) is 5.15. The number of nitrogens with one attached hydrogen (secondary N) is 1. The van der Waals surface area contributed by atoms with E-state index in [4.69, 9.17) is 14.7 Å². The summed E-state index contributed by atoms with van der Waals surface area (Å²) >= 11 is 0. The van der Waals surface area contributed by atoms with Crippen LogP contribution in [-0.4, -0.2) is 25.1 Å². The Morgan fingerprint density at radius 2 is 2.00 bits per heavy atom. The molecule has 0 radical (unpaired) electrons. The number of esters is 1. The number of carbonyl (C=O) groups is 2. The van der Waals surface area contributed by atoms with E-state index in [9.17, 15) is 9.59 Å². The van der Waals surface area contributed by atoms with Gasteiger partial charge in [0.05, 0.1) is 18.2 Å². The van der Waals surface area contributed by atoms with Crippen molar-refractivity contribution in [3.8, 4) is 11.8 Å². The van der Waals surface area contributed by atoms with Crippen molar-refractivity contribution in [3.05, 3.63) is 65.7 Å². The second-order valence-electron chi connectivity index (χ2n) is 5.15. The third kappa shape index (κ3) is 5.80. The van der Waals surface area contributed by atoms with Gasteiger partial charge in [0.15, 0.2) is 6.61 Å². The summed E-state index contributed by atoms with van der Waals surface area (Å²) in [4.78, 5) is 23.6. The van der Waals surface area contributed by atoms with Gasteiger partial charge in [-0.2, -0.15) is 5.26 Å². The number of hydrogen-bond acceptors (Lipinski definition) is 5. The van der Waals surface area contributed by atoms with Gasteiger partial charge in [0.25, 0.3) is 5.91 Å². The molecule has 0 aromatic heterocycles. The topological polar surface area (TPSA) is 88.4 Å². The highest BCUT2D eigenvalue weighted by atomic mass is 16.5. The Labute approximate surface area is 151 Å².